The predicted molar refractivity (Wildman–Crippen MR) is 103 cm³/mol. The van der Waals surface area contributed by atoms with Gasteiger partial charge < -0.3 is 15.2 Å². The van der Waals surface area contributed by atoms with Crippen LogP contribution in [0.5, 0.6) is 5.75 Å². The Morgan fingerprint density at radius 1 is 1.00 bits per heavy atom. The molecule has 3 aromatic rings. The van der Waals surface area contributed by atoms with Crippen molar-refractivity contribution in [3.05, 3.63) is 77.9 Å². The molecule has 2 N–H and O–H groups in total. The van der Waals surface area contributed by atoms with Crippen LogP contribution >= 0.6 is 0 Å². The van der Waals surface area contributed by atoms with Gasteiger partial charge in [0.15, 0.2) is 6.10 Å². The molecule has 4 heteroatoms. The first-order chi connectivity index (χ1) is 12.7. The van der Waals surface area contributed by atoms with Crippen molar-refractivity contribution in [2.75, 3.05) is 6.54 Å². The van der Waals surface area contributed by atoms with Crippen LogP contribution in [0.15, 0.2) is 66.7 Å². The van der Waals surface area contributed by atoms with Crippen LogP contribution in [0.1, 0.15) is 18.1 Å². The van der Waals surface area contributed by atoms with Crippen molar-refractivity contribution in [3.8, 4) is 5.75 Å². The molecule has 0 aliphatic heterocycles. The molecule has 0 spiro atoms. The van der Waals surface area contributed by atoms with Gasteiger partial charge in [0.1, 0.15) is 5.75 Å². The van der Waals surface area contributed by atoms with Crippen LogP contribution in [0.4, 0.5) is 0 Å². The van der Waals surface area contributed by atoms with Crippen molar-refractivity contribution in [2.24, 2.45) is 0 Å². The zero-order chi connectivity index (χ0) is 18.4. The topological polar surface area (TPSA) is 58.6 Å². The Labute approximate surface area is 153 Å². The summed E-state index contributed by atoms with van der Waals surface area (Å²) in [5.74, 6) is 0.425. The average Bonchev–Trinajstić information content (AvgIpc) is 2.68. The van der Waals surface area contributed by atoms with E-state index in [9.17, 15) is 4.79 Å². The summed E-state index contributed by atoms with van der Waals surface area (Å²) in [5, 5.41) is 14.5. The van der Waals surface area contributed by atoms with Crippen molar-refractivity contribution >= 4 is 16.7 Å². The highest BCUT2D eigenvalue weighted by atomic mass is 16.5. The van der Waals surface area contributed by atoms with Gasteiger partial charge in [-0.1, -0.05) is 54.6 Å². The molecular weight excluding hydrogens is 326 g/mol. The second kappa shape index (κ2) is 8.50. The summed E-state index contributed by atoms with van der Waals surface area (Å²) >= 11 is 0. The molecule has 0 aromatic heterocycles. The van der Waals surface area contributed by atoms with E-state index in [1.54, 1.807) is 31.2 Å². The molecular formula is C22H23NO3. The highest BCUT2D eigenvalue weighted by Gasteiger charge is 2.14. The fourth-order valence-electron chi connectivity index (χ4n) is 2.84. The van der Waals surface area contributed by atoms with Gasteiger partial charge in [-0.25, -0.2) is 0 Å². The Kier molecular flexibility index (Phi) is 5.87. The van der Waals surface area contributed by atoms with Crippen molar-refractivity contribution in [1.82, 2.24) is 5.32 Å². The van der Waals surface area contributed by atoms with E-state index < -0.39 is 6.10 Å². The molecule has 0 bridgehead atoms. The third-order valence-corrected chi connectivity index (χ3v) is 4.29. The van der Waals surface area contributed by atoms with Gasteiger partial charge in [-0.2, -0.15) is 0 Å². The maximum Gasteiger partial charge on any atom is 0.260 e. The maximum absolute atomic E-state index is 12.2. The number of rotatable bonds is 7. The molecule has 0 heterocycles. The van der Waals surface area contributed by atoms with E-state index in [2.05, 4.69) is 35.6 Å². The fourth-order valence-corrected chi connectivity index (χ4v) is 2.84. The monoisotopic (exact) mass is 349 g/mol. The highest BCUT2D eigenvalue weighted by molar-refractivity contribution is 5.83. The van der Waals surface area contributed by atoms with Gasteiger partial charge in [0.05, 0.1) is 6.61 Å². The van der Waals surface area contributed by atoms with Gasteiger partial charge >= 0.3 is 0 Å². The molecule has 0 saturated heterocycles. The molecule has 1 atom stereocenters. The minimum Gasteiger partial charge on any atom is -0.481 e. The second-order valence-corrected chi connectivity index (χ2v) is 6.29. The Balaban J connectivity index is 1.50. The largest absolute Gasteiger partial charge is 0.481 e. The van der Waals surface area contributed by atoms with Crippen molar-refractivity contribution in [3.63, 3.8) is 0 Å². The molecule has 3 rings (SSSR count). The van der Waals surface area contributed by atoms with E-state index in [0.29, 0.717) is 12.3 Å². The molecule has 134 valence electrons. The Morgan fingerprint density at radius 2 is 1.81 bits per heavy atom. The van der Waals surface area contributed by atoms with E-state index >= 15 is 0 Å². The zero-order valence-electron chi connectivity index (χ0n) is 14.8. The summed E-state index contributed by atoms with van der Waals surface area (Å²) in [4.78, 5) is 12.2. The lowest BCUT2D eigenvalue weighted by atomic mass is 10.1. The van der Waals surface area contributed by atoms with Crippen molar-refractivity contribution in [1.29, 1.82) is 0 Å². The molecule has 0 radical (unpaired) electrons. The number of benzene rings is 3. The molecule has 0 aliphatic carbocycles. The number of carbonyl (C=O) groups is 1. The molecule has 1 amide bonds. The summed E-state index contributed by atoms with van der Waals surface area (Å²) in [6, 6.07) is 21.7. The number of carbonyl (C=O) groups excluding carboxylic acids is 1. The summed E-state index contributed by atoms with van der Waals surface area (Å²) in [6.07, 6.45) is 0.170. The van der Waals surface area contributed by atoms with Crippen LogP contribution in [0.25, 0.3) is 10.8 Å². The Bertz CT molecular complexity index is 891. The maximum atomic E-state index is 12.2. The van der Waals surface area contributed by atoms with Crippen LogP contribution in [0.3, 0.4) is 0 Å². The smallest absolute Gasteiger partial charge is 0.260 e. The Morgan fingerprint density at radius 3 is 2.62 bits per heavy atom. The molecule has 3 aromatic carbocycles. The quantitative estimate of drug-likeness (QED) is 0.687. The minimum absolute atomic E-state index is 0.0520. The van der Waals surface area contributed by atoms with Crippen molar-refractivity contribution in [2.45, 2.75) is 26.1 Å². The van der Waals surface area contributed by atoms with Crippen LogP contribution in [-0.2, 0) is 17.8 Å². The average molecular weight is 349 g/mol. The first-order valence-electron chi connectivity index (χ1n) is 8.77. The number of nitrogens with one attached hydrogen (secondary N) is 1. The summed E-state index contributed by atoms with van der Waals surface area (Å²) in [7, 11) is 0. The Hall–Kier alpha value is -2.85. The van der Waals surface area contributed by atoms with Gasteiger partial charge in [0, 0.05) is 6.54 Å². The third kappa shape index (κ3) is 4.61. The van der Waals surface area contributed by atoms with Gasteiger partial charge in [-0.3, -0.25) is 4.79 Å². The number of hydrogen-bond donors (Lipinski definition) is 2. The molecule has 0 saturated carbocycles. The van der Waals surface area contributed by atoms with Crippen LogP contribution in [-0.4, -0.2) is 23.7 Å². The SMILES string of the molecule is CC(Oc1cccc(CO)c1)C(=O)NCCc1ccc2ccccc2c1. The summed E-state index contributed by atoms with van der Waals surface area (Å²) < 4.78 is 5.66. The van der Waals surface area contributed by atoms with E-state index in [1.807, 2.05) is 12.1 Å². The second-order valence-electron chi connectivity index (χ2n) is 6.29. The van der Waals surface area contributed by atoms with Crippen LogP contribution in [0.2, 0.25) is 0 Å². The van der Waals surface area contributed by atoms with E-state index in [4.69, 9.17) is 9.84 Å². The first kappa shape index (κ1) is 18.0. The van der Waals surface area contributed by atoms with Crippen LogP contribution in [0, 0.1) is 0 Å². The molecule has 4 nitrogen and oxygen atoms in total. The standard InChI is InChI=1S/C22H23NO3/c1-16(26-21-8-4-5-18(14-21)15-24)22(25)23-12-11-17-9-10-19-6-2-3-7-20(19)13-17/h2-10,13-14,16,24H,11-12,15H2,1H3,(H,23,25). The summed E-state index contributed by atoms with van der Waals surface area (Å²) in [5.41, 5.74) is 1.94. The van der Waals surface area contributed by atoms with E-state index in [1.165, 1.54) is 16.3 Å². The first-order valence-corrected chi connectivity index (χ1v) is 8.77. The molecule has 0 aliphatic rings. The number of amides is 1. The minimum atomic E-state index is -0.597. The predicted octanol–water partition coefficient (Wildman–Crippen LogP) is 3.46. The van der Waals surface area contributed by atoms with Gasteiger partial charge in [-0.05, 0) is 47.4 Å². The molecule has 26 heavy (non-hydrogen) atoms. The third-order valence-electron chi connectivity index (χ3n) is 4.29. The normalized spacial score (nSPS) is 11.9. The molecule has 1 unspecified atom stereocenters. The molecule has 0 fully saturated rings. The lowest BCUT2D eigenvalue weighted by molar-refractivity contribution is -0.127. The number of aliphatic hydroxyl groups excluding tert-OH is 1. The van der Waals surface area contributed by atoms with E-state index in [0.717, 1.165) is 12.0 Å². The van der Waals surface area contributed by atoms with Gasteiger partial charge in [-0.15, -0.1) is 0 Å². The van der Waals surface area contributed by atoms with Crippen LogP contribution < -0.4 is 10.1 Å². The van der Waals surface area contributed by atoms with Gasteiger partial charge in [0.25, 0.3) is 5.91 Å². The fraction of sp³-hybridized carbons (Fsp3) is 0.227. The number of ether oxygens (including phenoxy) is 1. The van der Waals surface area contributed by atoms with Crippen molar-refractivity contribution < 1.29 is 14.6 Å². The number of hydrogen-bond acceptors (Lipinski definition) is 3. The number of aliphatic hydroxyl groups is 1. The van der Waals surface area contributed by atoms with Gasteiger partial charge in [0.2, 0.25) is 0 Å². The highest BCUT2D eigenvalue weighted by Crippen LogP contribution is 2.16. The lowest BCUT2D eigenvalue weighted by Gasteiger charge is -2.15. The number of fused-ring (bicyclic) bond motifs is 1. The summed E-state index contributed by atoms with van der Waals surface area (Å²) in [6.45, 7) is 2.22. The zero-order valence-corrected chi connectivity index (χ0v) is 14.8. The lowest BCUT2D eigenvalue weighted by Crippen LogP contribution is -2.37. The van der Waals surface area contributed by atoms with E-state index in [-0.39, 0.29) is 12.5 Å².